The summed E-state index contributed by atoms with van der Waals surface area (Å²) in [5, 5.41) is 4.15. The summed E-state index contributed by atoms with van der Waals surface area (Å²) in [6.07, 6.45) is 3.89. The van der Waals surface area contributed by atoms with Crippen molar-refractivity contribution < 1.29 is 0 Å². The largest absolute Gasteiger partial charge is 0.327 e. The van der Waals surface area contributed by atoms with Crippen molar-refractivity contribution in [1.82, 2.24) is 9.78 Å². The van der Waals surface area contributed by atoms with Crippen LogP contribution in [0.5, 0.6) is 0 Å². The molecule has 1 aromatic rings. The number of hydrogen-bond donors (Lipinski definition) is 1. The van der Waals surface area contributed by atoms with E-state index in [-0.39, 0.29) is 0 Å². The van der Waals surface area contributed by atoms with Crippen LogP contribution in [0.3, 0.4) is 0 Å². The van der Waals surface area contributed by atoms with Gasteiger partial charge < -0.3 is 5.73 Å². The molecule has 0 radical (unpaired) electrons. The van der Waals surface area contributed by atoms with Crippen molar-refractivity contribution in [2.24, 2.45) is 5.73 Å². The smallest absolute Gasteiger partial charge is 0.0492 e. The Hall–Kier alpha value is -0.830. The molecule has 2 heterocycles. The molecular weight excluding hydrogens is 126 g/mol. The van der Waals surface area contributed by atoms with Crippen molar-refractivity contribution in [3.05, 3.63) is 18.0 Å². The quantitative estimate of drug-likeness (QED) is 0.553. The van der Waals surface area contributed by atoms with Gasteiger partial charge in [-0.1, -0.05) is 0 Å². The lowest BCUT2D eigenvalue weighted by molar-refractivity contribution is 0.439. The van der Waals surface area contributed by atoms with Gasteiger partial charge in [0.1, 0.15) is 0 Å². The summed E-state index contributed by atoms with van der Waals surface area (Å²) in [7, 11) is 0. The average molecular weight is 137 g/mol. The Morgan fingerprint density at radius 2 is 2.60 bits per heavy atom. The third kappa shape index (κ3) is 0.827. The third-order valence-corrected chi connectivity index (χ3v) is 1.99. The lowest BCUT2D eigenvalue weighted by atomic mass is 10.1. The summed E-state index contributed by atoms with van der Waals surface area (Å²) in [4.78, 5) is 0. The highest BCUT2D eigenvalue weighted by atomic mass is 15.3. The molecule has 0 amide bonds. The Bertz CT molecular complexity index is 229. The molecule has 0 saturated heterocycles. The van der Waals surface area contributed by atoms with Crippen LogP contribution in [0.4, 0.5) is 0 Å². The van der Waals surface area contributed by atoms with Gasteiger partial charge in [-0.25, -0.2) is 0 Å². The minimum Gasteiger partial charge on any atom is -0.327 e. The summed E-state index contributed by atoms with van der Waals surface area (Å²) < 4.78 is 2.03. The molecule has 1 unspecified atom stereocenters. The molecule has 0 bridgehead atoms. The van der Waals surface area contributed by atoms with Crippen LogP contribution in [0.15, 0.2) is 12.3 Å². The molecule has 0 aromatic carbocycles. The first-order valence-electron chi connectivity index (χ1n) is 3.62. The summed E-state index contributed by atoms with van der Waals surface area (Å²) in [6, 6.07) is 2.39. The minimum atomic E-state index is 0.351. The van der Waals surface area contributed by atoms with Gasteiger partial charge in [-0.05, 0) is 12.5 Å². The maximum absolute atomic E-state index is 5.77. The Balaban J connectivity index is 2.30. The Labute approximate surface area is 59.8 Å². The second-order valence-electron chi connectivity index (χ2n) is 2.80. The maximum atomic E-state index is 5.77. The maximum Gasteiger partial charge on any atom is 0.0492 e. The van der Waals surface area contributed by atoms with E-state index < -0.39 is 0 Å². The number of hydrogen-bond acceptors (Lipinski definition) is 2. The molecule has 10 heavy (non-hydrogen) atoms. The SMILES string of the molecule is NC1CCn2nccc2C1. The first kappa shape index (κ1) is 5.92. The number of rotatable bonds is 0. The summed E-state index contributed by atoms with van der Waals surface area (Å²) in [5.41, 5.74) is 7.04. The van der Waals surface area contributed by atoms with Gasteiger partial charge >= 0.3 is 0 Å². The van der Waals surface area contributed by atoms with Crippen LogP contribution >= 0.6 is 0 Å². The normalized spacial score (nSPS) is 24.3. The van der Waals surface area contributed by atoms with E-state index >= 15 is 0 Å². The Kier molecular flexibility index (Phi) is 1.24. The van der Waals surface area contributed by atoms with Crippen LogP contribution in [0.2, 0.25) is 0 Å². The first-order valence-corrected chi connectivity index (χ1v) is 3.62. The van der Waals surface area contributed by atoms with Crippen molar-refractivity contribution >= 4 is 0 Å². The lowest BCUT2D eigenvalue weighted by Crippen LogP contribution is -2.30. The Morgan fingerprint density at radius 1 is 1.70 bits per heavy atom. The molecule has 2 N–H and O–H groups in total. The van der Waals surface area contributed by atoms with E-state index in [9.17, 15) is 0 Å². The van der Waals surface area contributed by atoms with Crippen molar-refractivity contribution in [2.45, 2.75) is 25.4 Å². The zero-order valence-corrected chi connectivity index (χ0v) is 5.83. The molecule has 2 rings (SSSR count). The van der Waals surface area contributed by atoms with Crippen LogP contribution in [0, 0.1) is 0 Å². The van der Waals surface area contributed by atoms with E-state index in [4.69, 9.17) is 5.73 Å². The number of nitrogens with two attached hydrogens (primary N) is 1. The zero-order valence-electron chi connectivity index (χ0n) is 5.83. The minimum absolute atomic E-state index is 0.351. The van der Waals surface area contributed by atoms with Gasteiger partial charge in [0.25, 0.3) is 0 Å². The van der Waals surface area contributed by atoms with Crippen molar-refractivity contribution in [3.63, 3.8) is 0 Å². The van der Waals surface area contributed by atoms with Crippen molar-refractivity contribution in [1.29, 1.82) is 0 Å². The van der Waals surface area contributed by atoms with E-state index in [1.165, 1.54) is 5.69 Å². The molecule has 1 aliphatic rings. The third-order valence-electron chi connectivity index (χ3n) is 1.99. The molecule has 54 valence electrons. The standard InChI is InChI=1S/C7H11N3/c8-6-2-4-10-7(5-6)1-3-9-10/h1,3,6H,2,4-5,8H2. The van der Waals surface area contributed by atoms with Crippen LogP contribution in [0.1, 0.15) is 12.1 Å². The van der Waals surface area contributed by atoms with Gasteiger partial charge in [0.15, 0.2) is 0 Å². The summed E-state index contributed by atoms with van der Waals surface area (Å²) in [6.45, 7) is 0.990. The van der Waals surface area contributed by atoms with E-state index in [0.717, 1.165) is 19.4 Å². The molecule has 0 aliphatic carbocycles. The second-order valence-corrected chi connectivity index (χ2v) is 2.80. The highest BCUT2D eigenvalue weighted by molar-refractivity contribution is 5.04. The molecule has 1 aliphatic heterocycles. The van der Waals surface area contributed by atoms with Gasteiger partial charge in [-0.3, -0.25) is 4.68 Å². The monoisotopic (exact) mass is 137 g/mol. The molecule has 3 heteroatoms. The molecule has 3 nitrogen and oxygen atoms in total. The molecular formula is C7H11N3. The van der Waals surface area contributed by atoms with Gasteiger partial charge in [0, 0.05) is 30.9 Å². The van der Waals surface area contributed by atoms with Gasteiger partial charge in [0.05, 0.1) is 0 Å². The van der Waals surface area contributed by atoms with Crippen LogP contribution in [-0.4, -0.2) is 15.8 Å². The van der Waals surface area contributed by atoms with Crippen LogP contribution < -0.4 is 5.73 Å². The topological polar surface area (TPSA) is 43.8 Å². The highest BCUT2D eigenvalue weighted by Crippen LogP contribution is 2.11. The van der Waals surface area contributed by atoms with Crippen LogP contribution in [-0.2, 0) is 13.0 Å². The van der Waals surface area contributed by atoms with Crippen molar-refractivity contribution in [3.8, 4) is 0 Å². The average Bonchev–Trinajstić information content (AvgIpc) is 2.33. The lowest BCUT2D eigenvalue weighted by Gasteiger charge is -2.18. The van der Waals surface area contributed by atoms with Crippen molar-refractivity contribution in [2.75, 3.05) is 0 Å². The predicted molar refractivity (Wildman–Crippen MR) is 38.5 cm³/mol. The highest BCUT2D eigenvalue weighted by Gasteiger charge is 2.14. The molecule has 1 aromatic heterocycles. The van der Waals surface area contributed by atoms with E-state index in [0.29, 0.717) is 6.04 Å². The number of aryl methyl sites for hydroxylation is 1. The number of fused-ring (bicyclic) bond motifs is 1. The molecule has 1 atom stereocenters. The number of aromatic nitrogens is 2. The van der Waals surface area contributed by atoms with E-state index in [2.05, 4.69) is 5.10 Å². The molecule has 0 saturated carbocycles. The summed E-state index contributed by atoms with van der Waals surface area (Å²) in [5.74, 6) is 0. The predicted octanol–water partition coefficient (Wildman–Crippen LogP) is 0.157. The fourth-order valence-electron chi connectivity index (χ4n) is 1.39. The fraction of sp³-hybridized carbons (Fsp3) is 0.571. The van der Waals surface area contributed by atoms with Crippen LogP contribution in [0.25, 0.3) is 0 Å². The fourth-order valence-corrected chi connectivity index (χ4v) is 1.39. The summed E-state index contributed by atoms with van der Waals surface area (Å²) >= 11 is 0. The zero-order chi connectivity index (χ0) is 6.97. The second kappa shape index (κ2) is 2.09. The van der Waals surface area contributed by atoms with Gasteiger partial charge in [0.2, 0.25) is 0 Å². The number of nitrogens with zero attached hydrogens (tertiary/aromatic N) is 2. The molecule has 0 fully saturated rings. The van der Waals surface area contributed by atoms with E-state index in [1.54, 1.807) is 0 Å². The first-order chi connectivity index (χ1) is 4.86. The van der Waals surface area contributed by atoms with E-state index in [1.807, 2.05) is 16.9 Å². The van der Waals surface area contributed by atoms with Gasteiger partial charge in [-0.15, -0.1) is 0 Å². The Morgan fingerprint density at radius 3 is 3.50 bits per heavy atom. The molecule has 0 spiro atoms. The van der Waals surface area contributed by atoms with Gasteiger partial charge in [-0.2, -0.15) is 5.10 Å².